The molecule has 9 heteroatoms. The van der Waals surface area contributed by atoms with E-state index in [4.69, 9.17) is 9.47 Å². The maximum atomic E-state index is 11.7. The summed E-state index contributed by atoms with van der Waals surface area (Å²) in [5.41, 5.74) is 2.24. The van der Waals surface area contributed by atoms with E-state index < -0.39 is 9.84 Å². The fourth-order valence-corrected chi connectivity index (χ4v) is 5.14. The van der Waals surface area contributed by atoms with Gasteiger partial charge in [0.25, 0.3) is 0 Å². The number of rotatable bonds is 7. The molecule has 1 aromatic rings. The van der Waals surface area contributed by atoms with Crippen molar-refractivity contribution in [1.82, 2.24) is 10.6 Å². The van der Waals surface area contributed by atoms with Crippen LogP contribution < -0.4 is 10.6 Å². The molecule has 0 aliphatic carbocycles. The van der Waals surface area contributed by atoms with Gasteiger partial charge >= 0.3 is 0 Å². The summed E-state index contributed by atoms with van der Waals surface area (Å²) in [6.45, 7) is 5.41. The van der Waals surface area contributed by atoms with E-state index in [0.29, 0.717) is 25.5 Å². The molecule has 0 amide bonds. The van der Waals surface area contributed by atoms with Crippen LogP contribution in [-0.4, -0.2) is 57.8 Å². The van der Waals surface area contributed by atoms with Gasteiger partial charge in [0.05, 0.1) is 30.8 Å². The molecule has 2 saturated heterocycles. The number of halogens is 1. The van der Waals surface area contributed by atoms with Crippen LogP contribution in [0.3, 0.4) is 0 Å². The van der Waals surface area contributed by atoms with Gasteiger partial charge in [-0.2, -0.15) is 0 Å². The van der Waals surface area contributed by atoms with Gasteiger partial charge in [-0.15, -0.1) is 24.0 Å². The Labute approximate surface area is 191 Å². The molecule has 0 bridgehead atoms. The molecule has 0 spiro atoms. The number of nitrogens with zero attached hydrogens (tertiary/aromatic N) is 1. The van der Waals surface area contributed by atoms with E-state index in [1.54, 1.807) is 0 Å². The molecule has 1 atom stereocenters. The number of guanidine groups is 1. The first-order valence-corrected chi connectivity index (χ1v) is 11.9. The molecule has 1 aromatic carbocycles. The smallest absolute Gasteiger partial charge is 0.191 e. The predicted molar refractivity (Wildman–Crippen MR) is 125 cm³/mol. The Balaban J connectivity index is 0.00000300. The van der Waals surface area contributed by atoms with Crippen molar-refractivity contribution in [1.29, 1.82) is 0 Å². The lowest BCUT2D eigenvalue weighted by Crippen LogP contribution is -2.44. The van der Waals surface area contributed by atoms with E-state index in [9.17, 15) is 8.42 Å². The average Bonchev–Trinajstić information content (AvgIpc) is 3.04. The standard InChI is InChI=1S/C20H31N3O4S.HI/c1-2-21-20(23-18-8-11-28(24,25)15-18)22-13-16-4-3-5-17(12-16)14-27-19-6-9-26-10-7-19;/h3-5,12,18-19H,2,6-11,13-15H2,1H3,(H2,21,22,23);1H. The lowest BCUT2D eigenvalue weighted by Gasteiger charge is -2.22. The fraction of sp³-hybridized carbons (Fsp3) is 0.650. The van der Waals surface area contributed by atoms with Gasteiger partial charge in [-0.25, -0.2) is 13.4 Å². The molecule has 29 heavy (non-hydrogen) atoms. The van der Waals surface area contributed by atoms with Crippen LogP contribution in [0.4, 0.5) is 0 Å². The van der Waals surface area contributed by atoms with Gasteiger partial charge in [-0.3, -0.25) is 0 Å². The summed E-state index contributed by atoms with van der Waals surface area (Å²) in [6.07, 6.45) is 2.82. The molecule has 2 heterocycles. The second-order valence-corrected chi connectivity index (χ2v) is 9.61. The second kappa shape index (κ2) is 12.1. The molecule has 0 saturated carbocycles. The van der Waals surface area contributed by atoms with E-state index in [1.807, 2.05) is 19.1 Å². The Morgan fingerprint density at radius 3 is 2.69 bits per heavy atom. The third-order valence-electron chi connectivity index (χ3n) is 4.98. The molecular formula is C20H32IN3O4S. The molecule has 7 nitrogen and oxygen atoms in total. The van der Waals surface area contributed by atoms with Crippen molar-refractivity contribution in [3.63, 3.8) is 0 Å². The van der Waals surface area contributed by atoms with Crippen LogP contribution in [0.2, 0.25) is 0 Å². The van der Waals surface area contributed by atoms with Crippen LogP contribution in [0.5, 0.6) is 0 Å². The average molecular weight is 537 g/mol. The number of sulfone groups is 1. The minimum atomic E-state index is -2.91. The van der Waals surface area contributed by atoms with Crippen LogP contribution >= 0.6 is 24.0 Å². The summed E-state index contributed by atoms with van der Waals surface area (Å²) < 4.78 is 34.7. The Bertz CT molecular complexity index is 767. The minimum absolute atomic E-state index is 0. The van der Waals surface area contributed by atoms with Crippen molar-refractivity contribution in [3.8, 4) is 0 Å². The van der Waals surface area contributed by atoms with Gasteiger partial charge in [-0.05, 0) is 37.3 Å². The maximum absolute atomic E-state index is 11.7. The summed E-state index contributed by atoms with van der Waals surface area (Å²) in [5, 5.41) is 6.45. The highest BCUT2D eigenvalue weighted by Gasteiger charge is 2.28. The predicted octanol–water partition coefficient (Wildman–Crippen LogP) is 2.24. The van der Waals surface area contributed by atoms with E-state index in [2.05, 4.69) is 27.8 Å². The minimum Gasteiger partial charge on any atom is -0.381 e. The first-order chi connectivity index (χ1) is 13.5. The number of aliphatic imine (C=N–C) groups is 1. The van der Waals surface area contributed by atoms with Crippen molar-refractivity contribution in [2.75, 3.05) is 31.3 Å². The highest BCUT2D eigenvalue weighted by atomic mass is 127. The van der Waals surface area contributed by atoms with E-state index in [-0.39, 0.29) is 47.6 Å². The Kier molecular flexibility index (Phi) is 10.1. The molecular weight excluding hydrogens is 505 g/mol. The zero-order valence-corrected chi connectivity index (χ0v) is 20.1. The van der Waals surface area contributed by atoms with Crippen LogP contribution in [0.15, 0.2) is 29.3 Å². The van der Waals surface area contributed by atoms with Crippen LogP contribution in [0.1, 0.15) is 37.3 Å². The highest BCUT2D eigenvalue weighted by molar-refractivity contribution is 14.0. The molecule has 1 unspecified atom stereocenters. The summed E-state index contributed by atoms with van der Waals surface area (Å²) in [4.78, 5) is 4.63. The normalized spacial score (nSPS) is 22.1. The zero-order chi connectivity index (χ0) is 19.8. The molecule has 3 rings (SSSR count). The summed E-state index contributed by atoms with van der Waals surface area (Å²) in [6, 6.07) is 8.19. The molecule has 164 valence electrons. The first kappa shape index (κ1) is 24.4. The highest BCUT2D eigenvalue weighted by Crippen LogP contribution is 2.15. The maximum Gasteiger partial charge on any atom is 0.191 e. The van der Waals surface area contributed by atoms with Gasteiger partial charge in [0.15, 0.2) is 15.8 Å². The molecule has 2 aliphatic heterocycles. The van der Waals surface area contributed by atoms with Crippen molar-refractivity contribution in [2.45, 2.75) is 51.5 Å². The number of hydrogen-bond donors (Lipinski definition) is 2. The molecule has 0 radical (unpaired) electrons. The van der Waals surface area contributed by atoms with Crippen molar-refractivity contribution in [2.24, 2.45) is 4.99 Å². The number of benzene rings is 1. The first-order valence-electron chi connectivity index (χ1n) is 10.1. The van der Waals surface area contributed by atoms with E-state index in [1.165, 1.54) is 0 Å². The van der Waals surface area contributed by atoms with Crippen LogP contribution in [-0.2, 0) is 32.5 Å². The fourth-order valence-electron chi connectivity index (χ4n) is 3.47. The summed E-state index contributed by atoms with van der Waals surface area (Å²) in [7, 11) is -2.91. The topological polar surface area (TPSA) is 89.0 Å². The Morgan fingerprint density at radius 1 is 1.24 bits per heavy atom. The van der Waals surface area contributed by atoms with Gasteiger partial charge in [0.2, 0.25) is 0 Å². The van der Waals surface area contributed by atoms with Gasteiger partial charge in [0.1, 0.15) is 0 Å². The van der Waals surface area contributed by atoms with Gasteiger partial charge in [-0.1, -0.05) is 24.3 Å². The molecule has 0 aromatic heterocycles. The van der Waals surface area contributed by atoms with Crippen molar-refractivity contribution >= 4 is 39.8 Å². The van der Waals surface area contributed by atoms with Crippen molar-refractivity contribution < 1.29 is 17.9 Å². The van der Waals surface area contributed by atoms with E-state index >= 15 is 0 Å². The molecule has 2 aliphatic rings. The Hall–Kier alpha value is -0.910. The molecule has 2 fully saturated rings. The van der Waals surface area contributed by atoms with Crippen molar-refractivity contribution in [3.05, 3.63) is 35.4 Å². The van der Waals surface area contributed by atoms with Gasteiger partial charge in [0, 0.05) is 25.8 Å². The van der Waals surface area contributed by atoms with Crippen LogP contribution in [0.25, 0.3) is 0 Å². The Morgan fingerprint density at radius 2 is 2.00 bits per heavy atom. The number of nitrogens with one attached hydrogen (secondary N) is 2. The molecule has 2 N–H and O–H groups in total. The zero-order valence-electron chi connectivity index (χ0n) is 16.9. The van der Waals surface area contributed by atoms with Gasteiger partial charge < -0.3 is 20.1 Å². The summed E-state index contributed by atoms with van der Waals surface area (Å²) in [5.74, 6) is 1.09. The third kappa shape index (κ3) is 8.39. The quantitative estimate of drug-likeness (QED) is 0.315. The SMILES string of the molecule is CCNC(=NCc1cccc(COC2CCOCC2)c1)NC1CCS(=O)(=O)C1.I. The largest absolute Gasteiger partial charge is 0.381 e. The van der Waals surface area contributed by atoms with E-state index in [0.717, 1.165) is 43.7 Å². The number of hydrogen-bond acceptors (Lipinski definition) is 5. The van der Waals surface area contributed by atoms with Crippen LogP contribution in [0, 0.1) is 0 Å². The lowest BCUT2D eigenvalue weighted by molar-refractivity contribution is -0.0390. The summed E-state index contributed by atoms with van der Waals surface area (Å²) >= 11 is 0. The lowest BCUT2D eigenvalue weighted by atomic mass is 10.1. The third-order valence-corrected chi connectivity index (χ3v) is 6.75. The number of ether oxygens (including phenoxy) is 2. The monoisotopic (exact) mass is 537 g/mol. The second-order valence-electron chi connectivity index (χ2n) is 7.38.